The highest BCUT2D eigenvalue weighted by molar-refractivity contribution is 7.45. The zero-order chi connectivity index (χ0) is 43.7. The highest BCUT2D eigenvalue weighted by Crippen LogP contribution is 2.38. The first-order valence-electron chi connectivity index (χ1n) is 21.7. The van der Waals surface area contributed by atoms with E-state index in [4.69, 9.17) is 18.5 Å². The Morgan fingerprint density at radius 2 is 1.17 bits per heavy atom. The van der Waals surface area contributed by atoms with Crippen molar-refractivity contribution in [1.82, 2.24) is 0 Å². The van der Waals surface area contributed by atoms with Crippen molar-refractivity contribution in [2.75, 3.05) is 47.5 Å². The number of allylic oxidation sites excluding steroid dienone is 16. The molecule has 0 amide bonds. The van der Waals surface area contributed by atoms with Crippen LogP contribution in [-0.2, 0) is 32.7 Å². The summed E-state index contributed by atoms with van der Waals surface area (Å²) in [4.78, 5) is 37.5. The molecule has 0 rings (SSSR count). The molecule has 0 fully saturated rings. The van der Waals surface area contributed by atoms with Gasteiger partial charge in [0.15, 0.2) is 6.10 Å². The molecule has 11 heteroatoms. The number of aliphatic hydroxyl groups excluding tert-OH is 1. The fourth-order valence-corrected chi connectivity index (χ4v) is 5.74. The summed E-state index contributed by atoms with van der Waals surface area (Å²) in [7, 11) is 1.06. The Balaban J connectivity index is 4.59. The van der Waals surface area contributed by atoms with Gasteiger partial charge in [0.05, 0.1) is 33.9 Å². The third-order valence-corrected chi connectivity index (χ3v) is 9.35. The highest BCUT2D eigenvalue weighted by atomic mass is 31.2. The molecule has 0 radical (unpaired) electrons. The minimum absolute atomic E-state index is 0.0612. The lowest BCUT2D eigenvalue weighted by molar-refractivity contribution is -0.870. The number of unbranched alkanes of at least 4 members (excludes halogenated alkanes) is 5. The van der Waals surface area contributed by atoms with Gasteiger partial charge in [-0.25, -0.2) is 0 Å². The Hall–Kier alpha value is -3.37. The molecule has 0 heterocycles. The lowest BCUT2D eigenvalue weighted by Crippen LogP contribution is -2.37. The molecule has 0 aliphatic carbocycles. The van der Waals surface area contributed by atoms with Crippen LogP contribution in [-0.4, -0.2) is 81.2 Å². The molecule has 0 saturated carbocycles. The van der Waals surface area contributed by atoms with Gasteiger partial charge in [-0.2, -0.15) is 0 Å². The van der Waals surface area contributed by atoms with Crippen LogP contribution in [0.2, 0.25) is 0 Å². The summed E-state index contributed by atoms with van der Waals surface area (Å²) in [5, 5.41) is 9.85. The van der Waals surface area contributed by atoms with E-state index in [0.717, 1.165) is 77.0 Å². The fraction of sp³-hybridized carbons (Fsp3) is 0.583. The monoisotopic (exact) mass is 844 g/mol. The van der Waals surface area contributed by atoms with Crippen LogP contribution in [0.5, 0.6) is 0 Å². The minimum Gasteiger partial charge on any atom is -0.756 e. The molecule has 0 spiro atoms. The van der Waals surface area contributed by atoms with Crippen LogP contribution in [0.25, 0.3) is 0 Å². The number of carbonyl (C=O) groups is 2. The van der Waals surface area contributed by atoms with Crippen LogP contribution >= 0.6 is 7.82 Å². The summed E-state index contributed by atoms with van der Waals surface area (Å²) < 4.78 is 33.7. The smallest absolute Gasteiger partial charge is 0.306 e. The second kappa shape index (κ2) is 38.8. The van der Waals surface area contributed by atoms with Gasteiger partial charge in [-0.05, 0) is 77.0 Å². The number of ether oxygens (including phenoxy) is 2. The van der Waals surface area contributed by atoms with E-state index in [9.17, 15) is 24.2 Å². The summed E-state index contributed by atoms with van der Waals surface area (Å²) in [6.07, 6.45) is 48.9. The Labute approximate surface area is 358 Å². The SMILES string of the molecule is CC/C=C\C/C=C\C/C=C\CCCCCCCC(=O)OC[C@H](COP(=O)([O-])OCC[N+](C)(C)C)OC(=O)CC/C=C\C/C=C\C/C=C\C/C=C/C=C/C(O)C/C=C\CC. The Morgan fingerprint density at radius 1 is 0.627 bits per heavy atom. The average Bonchev–Trinajstić information content (AvgIpc) is 3.18. The van der Waals surface area contributed by atoms with E-state index in [2.05, 4.69) is 68.5 Å². The number of rotatable bonds is 37. The van der Waals surface area contributed by atoms with E-state index in [1.54, 1.807) is 6.08 Å². The Kier molecular flexibility index (Phi) is 36.6. The molecule has 59 heavy (non-hydrogen) atoms. The van der Waals surface area contributed by atoms with E-state index in [0.29, 0.717) is 30.3 Å². The molecular formula is C48H78NO9P. The quantitative estimate of drug-likeness (QED) is 0.0162. The topological polar surface area (TPSA) is 131 Å². The fourth-order valence-electron chi connectivity index (χ4n) is 5.01. The number of phosphoric acid groups is 1. The zero-order valence-corrected chi connectivity index (χ0v) is 37.9. The van der Waals surface area contributed by atoms with Crippen molar-refractivity contribution in [2.24, 2.45) is 0 Å². The molecule has 0 aliphatic rings. The number of esters is 2. The highest BCUT2D eigenvalue weighted by Gasteiger charge is 2.21. The van der Waals surface area contributed by atoms with Gasteiger partial charge in [-0.3, -0.25) is 14.2 Å². The molecule has 2 unspecified atom stereocenters. The van der Waals surface area contributed by atoms with Gasteiger partial charge in [0.1, 0.15) is 19.8 Å². The molecule has 0 aromatic carbocycles. The number of likely N-dealkylation sites (N-methyl/N-ethyl adjacent to an activating group) is 1. The van der Waals surface area contributed by atoms with Crippen molar-refractivity contribution in [2.45, 2.75) is 135 Å². The van der Waals surface area contributed by atoms with E-state index in [1.807, 2.05) is 69.8 Å². The third kappa shape index (κ3) is 42.6. The first kappa shape index (κ1) is 55.6. The van der Waals surface area contributed by atoms with Gasteiger partial charge in [-0.1, -0.05) is 142 Å². The molecule has 334 valence electrons. The van der Waals surface area contributed by atoms with Gasteiger partial charge < -0.3 is 33.0 Å². The maximum Gasteiger partial charge on any atom is 0.306 e. The Bertz CT molecular complexity index is 1380. The maximum absolute atomic E-state index is 12.6. The number of phosphoric ester groups is 1. The molecular weight excluding hydrogens is 765 g/mol. The number of nitrogens with zero attached hydrogens (tertiary/aromatic N) is 1. The summed E-state index contributed by atoms with van der Waals surface area (Å²) in [6.45, 7) is 3.75. The number of aliphatic hydroxyl groups is 1. The standard InChI is InChI=1S/C48H78NO9P/c1-6-8-10-11-12-13-14-15-16-19-22-25-28-31-35-39-47(51)55-43-46(44-57-59(53,54)56-42-41-49(3,4)5)58-48(52)40-36-32-29-26-23-20-17-18-21-24-27-30-34-38-45(50)37-33-9-7-2/h8-10,12-13,15-16,18,20-21,23,27,29-30,32-34,38,45-46,50H,6-7,11,14,17,19,22,24-26,28,31,35-37,39-44H2,1-5H3/b10-8-,13-12-,16-15-,21-18-,23-20-,30-27+,32-29-,33-9-,38-34+/t45?,46-/m1/s1. The van der Waals surface area contributed by atoms with Gasteiger partial charge in [0.25, 0.3) is 7.82 Å². The molecule has 0 aromatic rings. The van der Waals surface area contributed by atoms with Crippen molar-refractivity contribution in [3.63, 3.8) is 0 Å². The van der Waals surface area contributed by atoms with Crippen molar-refractivity contribution in [3.8, 4) is 0 Å². The van der Waals surface area contributed by atoms with Crippen molar-refractivity contribution < 1.29 is 47.2 Å². The summed E-state index contributed by atoms with van der Waals surface area (Å²) >= 11 is 0. The van der Waals surface area contributed by atoms with Gasteiger partial charge in [-0.15, -0.1) is 0 Å². The molecule has 1 N–H and O–H groups in total. The van der Waals surface area contributed by atoms with Gasteiger partial charge >= 0.3 is 11.9 Å². The molecule has 0 bridgehead atoms. The van der Waals surface area contributed by atoms with Gasteiger partial charge in [0, 0.05) is 12.8 Å². The number of carbonyl (C=O) groups excluding carboxylic acids is 2. The van der Waals surface area contributed by atoms with E-state index in [1.165, 1.54) is 0 Å². The summed E-state index contributed by atoms with van der Waals surface area (Å²) in [5.74, 6) is -0.987. The zero-order valence-electron chi connectivity index (χ0n) is 37.0. The Morgan fingerprint density at radius 3 is 1.80 bits per heavy atom. The minimum atomic E-state index is -4.67. The van der Waals surface area contributed by atoms with Crippen LogP contribution in [0.4, 0.5) is 0 Å². The lowest BCUT2D eigenvalue weighted by atomic mass is 10.1. The second-order valence-electron chi connectivity index (χ2n) is 15.1. The second-order valence-corrected chi connectivity index (χ2v) is 16.6. The van der Waals surface area contributed by atoms with Crippen LogP contribution in [0.1, 0.15) is 123 Å². The largest absolute Gasteiger partial charge is 0.756 e. The first-order chi connectivity index (χ1) is 28.4. The first-order valence-corrected chi connectivity index (χ1v) is 23.2. The summed E-state index contributed by atoms with van der Waals surface area (Å²) in [5.41, 5.74) is 0. The molecule has 3 atom stereocenters. The van der Waals surface area contributed by atoms with Crippen LogP contribution < -0.4 is 4.89 Å². The number of hydrogen-bond acceptors (Lipinski definition) is 9. The molecule has 0 aromatic heterocycles. The van der Waals surface area contributed by atoms with Crippen molar-refractivity contribution >= 4 is 19.8 Å². The van der Waals surface area contributed by atoms with Crippen LogP contribution in [0.15, 0.2) is 109 Å². The number of hydrogen-bond donors (Lipinski definition) is 1. The van der Waals surface area contributed by atoms with Gasteiger partial charge in [0.2, 0.25) is 0 Å². The lowest BCUT2D eigenvalue weighted by Gasteiger charge is -2.28. The van der Waals surface area contributed by atoms with E-state index >= 15 is 0 Å². The van der Waals surface area contributed by atoms with Crippen LogP contribution in [0.3, 0.4) is 0 Å². The predicted octanol–water partition coefficient (Wildman–Crippen LogP) is 10.7. The van der Waals surface area contributed by atoms with E-state index in [-0.39, 0.29) is 26.1 Å². The molecule has 0 aliphatic heterocycles. The predicted molar refractivity (Wildman–Crippen MR) is 241 cm³/mol. The van der Waals surface area contributed by atoms with Crippen molar-refractivity contribution in [1.29, 1.82) is 0 Å². The van der Waals surface area contributed by atoms with E-state index < -0.39 is 38.6 Å². The third-order valence-electron chi connectivity index (χ3n) is 8.38. The molecule has 0 saturated heterocycles. The van der Waals surface area contributed by atoms with Crippen LogP contribution in [0, 0.1) is 0 Å². The maximum atomic E-state index is 12.6. The molecule has 10 nitrogen and oxygen atoms in total. The normalized spacial score (nSPS) is 15.2. The number of quaternary nitrogens is 1. The van der Waals surface area contributed by atoms with Crippen molar-refractivity contribution in [3.05, 3.63) is 109 Å². The summed E-state index contributed by atoms with van der Waals surface area (Å²) in [6, 6.07) is 0. The average molecular weight is 844 g/mol.